The number of nitrogens with zero attached hydrogens (tertiary/aromatic N) is 1. The zero-order valence-electron chi connectivity index (χ0n) is 10.8. The Labute approximate surface area is 113 Å². The van der Waals surface area contributed by atoms with Crippen molar-refractivity contribution in [3.8, 4) is 0 Å². The van der Waals surface area contributed by atoms with Gasteiger partial charge in [0.05, 0.1) is 23.3 Å². The summed E-state index contributed by atoms with van der Waals surface area (Å²) in [7, 11) is 0. The van der Waals surface area contributed by atoms with Crippen molar-refractivity contribution in [1.82, 2.24) is 4.98 Å². The number of aliphatic hydroxyl groups is 1. The number of aliphatic hydroxyl groups excluding tert-OH is 1. The Morgan fingerprint density at radius 2 is 2.16 bits per heavy atom. The van der Waals surface area contributed by atoms with Crippen LogP contribution in [0.2, 0.25) is 0 Å². The number of hydrogen-bond acceptors (Lipinski definition) is 4. The molecule has 19 heavy (non-hydrogen) atoms. The van der Waals surface area contributed by atoms with Crippen molar-refractivity contribution >= 4 is 11.3 Å². The van der Waals surface area contributed by atoms with Gasteiger partial charge in [-0.15, -0.1) is 11.3 Å². The zero-order chi connectivity index (χ0) is 14.3. The number of alkyl halides is 3. The summed E-state index contributed by atoms with van der Waals surface area (Å²) in [5.74, 6) is 0. The Bertz CT molecular complexity index is 456. The van der Waals surface area contributed by atoms with E-state index in [0.717, 1.165) is 17.0 Å². The highest BCUT2D eigenvalue weighted by atomic mass is 32.1. The number of hydrogen-bond donors (Lipinski definition) is 1. The molecule has 0 saturated carbocycles. The average molecular weight is 295 g/mol. The van der Waals surface area contributed by atoms with E-state index in [1.807, 2.05) is 13.8 Å². The van der Waals surface area contributed by atoms with Gasteiger partial charge >= 0.3 is 6.18 Å². The van der Waals surface area contributed by atoms with Crippen LogP contribution >= 0.6 is 11.3 Å². The molecule has 0 aromatic carbocycles. The minimum Gasteiger partial charge on any atom is -0.387 e. The first-order valence-electron chi connectivity index (χ1n) is 5.97. The van der Waals surface area contributed by atoms with Gasteiger partial charge in [-0.05, 0) is 18.3 Å². The van der Waals surface area contributed by atoms with Crippen molar-refractivity contribution in [2.45, 2.75) is 45.6 Å². The maximum absolute atomic E-state index is 12.0. The van der Waals surface area contributed by atoms with E-state index >= 15 is 0 Å². The minimum atomic E-state index is -4.32. The highest BCUT2D eigenvalue weighted by Gasteiger charge is 2.34. The second-order valence-electron chi connectivity index (χ2n) is 5.59. The first-order chi connectivity index (χ1) is 8.66. The van der Waals surface area contributed by atoms with Crippen LogP contribution in [0, 0.1) is 5.41 Å². The maximum Gasteiger partial charge on any atom is 0.411 e. The van der Waals surface area contributed by atoms with Crippen LogP contribution in [0.5, 0.6) is 0 Å². The fourth-order valence-electron chi connectivity index (χ4n) is 2.26. The van der Waals surface area contributed by atoms with E-state index in [9.17, 15) is 18.3 Å². The lowest BCUT2D eigenvalue weighted by Crippen LogP contribution is -2.24. The Balaban J connectivity index is 2.02. The van der Waals surface area contributed by atoms with Crippen molar-refractivity contribution in [2.75, 3.05) is 6.61 Å². The molecule has 3 nitrogen and oxygen atoms in total. The van der Waals surface area contributed by atoms with Crippen LogP contribution in [0.15, 0.2) is 0 Å². The molecular formula is C12H16F3NO2S. The topological polar surface area (TPSA) is 42.4 Å². The highest BCUT2D eigenvalue weighted by Crippen LogP contribution is 2.42. The molecule has 0 fully saturated rings. The first-order valence-corrected chi connectivity index (χ1v) is 6.79. The molecule has 1 aromatic rings. The second kappa shape index (κ2) is 5.03. The molecule has 1 heterocycles. The molecule has 0 radical (unpaired) electrons. The average Bonchev–Trinajstić information content (AvgIpc) is 2.56. The van der Waals surface area contributed by atoms with Gasteiger partial charge in [0.15, 0.2) is 0 Å². The van der Waals surface area contributed by atoms with E-state index in [1.54, 1.807) is 0 Å². The van der Waals surface area contributed by atoms with Crippen LogP contribution in [0.25, 0.3) is 0 Å². The third-order valence-corrected chi connectivity index (χ3v) is 4.13. The van der Waals surface area contributed by atoms with Crippen molar-refractivity contribution < 1.29 is 23.0 Å². The van der Waals surface area contributed by atoms with Crippen LogP contribution in [-0.4, -0.2) is 22.9 Å². The third kappa shape index (κ3) is 3.90. The van der Waals surface area contributed by atoms with E-state index in [2.05, 4.69) is 9.72 Å². The highest BCUT2D eigenvalue weighted by molar-refractivity contribution is 7.11. The largest absolute Gasteiger partial charge is 0.411 e. The molecule has 0 aliphatic heterocycles. The van der Waals surface area contributed by atoms with E-state index in [-0.39, 0.29) is 12.0 Å². The Hall–Kier alpha value is -0.660. The number of halogens is 3. The standard InChI is InChI=1S/C12H16F3NO2S/c1-11(2)3-7-10(8(17)4-11)19-9(16-7)5-18-6-12(13,14)15/h8,17H,3-6H2,1-2H3. The number of thiazole rings is 1. The van der Waals surface area contributed by atoms with Crippen molar-refractivity contribution in [1.29, 1.82) is 0 Å². The third-order valence-electron chi connectivity index (χ3n) is 2.96. The number of fused-ring (bicyclic) bond motifs is 1. The van der Waals surface area contributed by atoms with E-state index in [1.165, 1.54) is 11.3 Å². The predicted octanol–water partition coefficient (Wildman–Crippen LogP) is 3.23. The lowest BCUT2D eigenvalue weighted by atomic mass is 9.77. The van der Waals surface area contributed by atoms with Crippen molar-refractivity contribution in [3.05, 3.63) is 15.6 Å². The molecule has 1 N–H and O–H groups in total. The summed E-state index contributed by atoms with van der Waals surface area (Å²) in [4.78, 5) is 5.05. The van der Waals surface area contributed by atoms with Crippen LogP contribution in [0.4, 0.5) is 13.2 Å². The lowest BCUT2D eigenvalue weighted by Gasteiger charge is -2.31. The monoisotopic (exact) mass is 295 g/mol. The van der Waals surface area contributed by atoms with Gasteiger partial charge < -0.3 is 9.84 Å². The summed E-state index contributed by atoms with van der Waals surface area (Å²) in [5, 5.41) is 10.5. The summed E-state index contributed by atoms with van der Waals surface area (Å²) in [6.45, 7) is 2.65. The Morgan fingerprint density at radius 3 is 2.79 bits per heavy atom. The van der Waals surface area contributed by atoms with Crippen LogP contribution in [0.3, 0.4) is 0 Å². The number of aromatic nitrogens is 1. The van der Waals surface area contributed by atoms with Gasteiger partial charge in [0.1, 0.15) is 11.6 Å². The summed E-state index contributed by atoms with van der Waals surface area (Å²) in [5.41, 5.74) is 0.754. The Kier molecular flexibility index (Phi) is 3.90. The molecule has 0 spiro atoms. The molecule has 1 aliphatic carbocycles. The normalized spacial score (nSPS) is 22.3. The first kappa shape index (κ1) is 14.7. The van der Waals surface area contributed by atoms with Gasteiger partial charge in [-0.1, -0.05) is 13.8 Å². The van der Waals surface area contributed by atoms with Gasteiger partial charge in [-0.25, -0.2) is 4.98 Å². The van der Waals surface area contributed by atoms with Gasteiger partial charge in [-0.3, -0.25) is 0 Å². The SMILES string of the molecule is CC1(C)Cc2nc(COCC(F)(F)F)sc2C(O)C1. The quantitative estimate of drug-likeness (QED) is 0.931. The minimum absolute atomic E-state index is 0.0371. The number of ether oxygens (including phenoxy) is 1. The summed E-state index contributed by atoms with van der Waals surface area (Å²) in [6.07, 6.45) is -3.52. The van der Waals surface area contributed by atoms with Crippen molar-refractivity contribution in [3.63, 3.8) is 0 Å². The van der Waals surface area contributed by atoms with Gasteiger partial charge in [0.2, 0.25) is 0 Å². The smallest absolute Gasteiger partial charge is 0.387 e. The molecule has 1 aromatic heterocycles. The van der Waals surface area contributed by atoms with E-state index < -0.39 is 18.9 Å². The molecule has 0 bridgehead atoms. The molecule has 0 saturated heterocycles. The summed E-state index contributed by atoms with van der Waals surface area (Å²) in [6, 6.07) is 0. The molecule has 1 aliphatic rings. The molecular weight excluding hydrogens is 279 g/mol. The fraction of sp³-hybridized carbons (Fsp3) is 0.750. The van der Waals surface area contributed by atoms with Crippen LogP contribution < -0.4 is 0 Å². The van der Waals surface area contributed by atoms with E-state index in [4.69, 9.17) is 0 Å². The zero-order valence-corrected chi connectivity index (χ0v) is 11.6. The van der Waals surface area contributed by atoms with Gasteiger partial charge in [-0.2, -0.15) is 13.2 Å². The van der Waals surface area contributed by atoms with Crippen molar-refractivity contribution in [2.24, 2.45) is 5.41 Å². The van der Waals surface area contributed by atoms with Gasteiger partial charge in [0, 0.05) is 0 Å². The Morgan fingerprint density at radius 1 is 1.47 bits per heavy atom. The molecule has 108 valence electrons. The van der Waals surface area contributed by atoms with Crippen LogP contribution in [-0.2, 0) is 17.8 Å². The van der Waals surface area contributed by atoms with E-state index in [0.29, 0.717) is 11.4 Å². The fourth-order valence-corrected chi connectivity index (χ4v) is 3.27. The lowest BCUT2D eigenvalue weighted by molar-refractivity contribution is -0.176. The maximum atomic E-state index is 12.0. The van der Waals surface area contributed by atoms with Crippen LogP contribution in [0.1, 0.15) is 42.0 Å². The molecule has 0 amide bonds. The molecule has 7 heteroatoms. The molecule has 2 rings (SSSR count). The number of rotatable bonds is 3. The predicted molar refractivity (Wildman–Crippen MR) is 64.9 cm³/mol. The molecule has 1 unspecified atom stereocenters. The summed E-state index contributed by atoms with van der Waals surface area (Å²) < 4.78 is 40.5. The molecule has 1 atom stereocenters. The second-order valence-corrected chi connectivity index (χ2v) is 6.70. The van der Waals surface area contributed by atoms with Gasteiger partial charge in [0.25, 0.3) is 0 Å². The summed E-state index contributed by atoms with van der Waals surface area (Å²) >= 11 is 1.24.